The maximum atomic E-state index is 12.3. The molecule has 2 aliphatic carbocycles. The molecule has 2 bridgehead atoms. The van der Waals surface area contributed by atoms with Gasteiger partial charge in [0.1, 0.15) is 0 Å². The summed E-state index contributed by atoms with van der Waals surface area (Å²) in [4.78, 5) is 12.3. The van der Waals surface area contributed by atoms with Gasteiger partial charge in [-0.3, -0.25) is 4.79 Å². The number of rotatable bonds is 2. The number of halogens is 1. The van der Waals surface area contributed by atoms with E-state index in [1.807, 2.05) is 19.1 Å². The molecule has 3 atom stereocenters. The highest BCUT2D eigenvalue weighted by molar-refractivity contribution is 5.96. The molecule has 0 spiro atoms. The van der Waals surface area contributed by atoms with E-state index in [1.54, 1.807) is 6.07 Å². The fourth-order valence-electron chi connectivity index (χ4n) is 3.55. The van der Waals surface area contributed by atoms with Gasteiger partial charge in [0.15, 0.2) is 0 Å². The summed E-state index contributed by atoms with van der Waals surface area (Å²) in [7, 11) is 0. The van der Waals surface area contributed by atoms with Crippen molar-refractivity contribution in [2.45, 2.75) is 38.6 Å². The van der Waals surface area contributed by atoms with E-state index >= 15 is 0 Å². The molecule has 0 aromatic heterocycles. The van der Waals surface area contributed by atoms with Crippen LogP contribution >= 0.6 is 12.4 Å². The SMILES string of the molecule is Cc1ccc(N)cc1C(=O)NC1CC2CCC1C2.Cl. The number of anilines is 1. The number of benzene rings is 1. The predicted molar refractivity (Wildman–Crippen MR) is 79.5 cm³/mol. The van der Waals surface area contributed by atoms with E-state index in [1.165, 1.54) is 19.3 Å². The van der Waals surface area contributed by atoms with Crippen molar-refractivity contribution in [1.82, 2.24) is 5.32 Å². The standard InChI is InChI=1S/C15H20N2O.ClH/c1-9-2-5-12(16)8-13(9)15(18)17-14-7-10-3-4-11(14)6-10;/h2,5,8,10-11,14H,3-4,6-7,16H2,1H3,(H,17,18);1H. The summed E-state index contributed by atoms with van der Waals surface area (Å²) in [5.41, 5.74) is 8.12. The summed E-state index contributed by atoms with van der Waals surface area (Å²) in [5.74, 6) is 1.60. The number of carbonyl (C=O) groups excluding carboxylic acids is 1. The van der Waals surface area contributed by atoms with Crippen LogP contribution in [-0.2, 0) is 0 Å². The topological polar surface area (TPSA) is 55.1 Å². The molecule has 0 heterocycles. The Kier molecular flexibility index (Phi) is 4.04. The Balaban J connectivity index is 0.00000133. The Morgan fingerprint density at radius 3 is 2.74 bits per heavy atom. The second kappa shape index (κ2) is 5.41. The Labute approximate surface area is 120 Å². The van der Waals surface area contributed by atoms with E-state index in [0.717, 1.165) is 23.5 Å². The zero-order valence-electron chi connectivity index (χ0n) is 11.2. The molecule has 1 aromatic carbocycles. The Morgan fingerprint density at radius 1 is 1.32 bits per heavy atom. The fourth-order valence-corrected chi connectivity index (χ4v) is 3.55. The van der Waals surface area contributed by atoms with Crippen LogP contribution in [0.3, 0.4) is 0 Å². The maximum absolute atomic E-state index is 12.3. The molecule has 0 aliphatic heterocycles. The third-order valence-electron chi connectivity index (χ3n) is 4.56. The van der Waals surface area contributed by atoms with Crippen LogP contribution in [0.5, 0.6) is 0 Å². The Hall–Kier alpha value is -1.22. The number of amides is 1. The minimum Gasteiger partial charge on any atom is -0.399 e. The molecular weight excluding hydrogens is 260 g/mol. The molecular formula is C15H21ClN2O. The van der Waals surface area contributed by atoms with Gasteiger partial charge < -0.3 is 11.1 Å². The molecule has 19 heavy (non-hydrogen) atoms. The van der Waals surface area contributed by atoms with E-state index in [9.17, 15) is 4.79 Å². The lowest BCUT2D eigenvalue weighted by Crippen LogP contribution is -2.38. The van der Waals surface area contributed by atoms with Crippen molar-refractivity contribution in [3.63, 3.8) is 0 Å². The van der Waals surface area contributed by atoms with Crippen molar-refractivity contribution in [2.24, 2.45) is 11.8 Å². The van der Waals surface area contributed by atoms with E-state index in [-0.39, 0.29) is 18.3 Å². The fraction of sp³-hybridized carbons (Fsp3) is 0.533. The second-order valence-corrected chi connectivity index (χ2v) is 5.83. The summed E-state index contributed by atoms with van der Waals surface area (Å²) in [6, 6.07) is 5.91. The van der Waals surface area contributed by atoms with Gasteiger partial charge in [-0.05, 0) is 55.7 Å². The molecule has 2 fully saturated rings. The van der Waals surface area contributed by atoms with E-state index in [2.05, 4.69) is 5.32 Å². The summed E-state index contributed by atoms with van der Waals surface area (Å²) in [6.45, 7) is 1.95. The number of hydrogen-bond donors (Lipinski definition) is 2. The first-order valence-electron chi connectivity index (χ1n) is 6.80. The van der Waals surface area contributed by atoms with Gasteiger partial charge in [-0.1, -0.05) is 12.5 Å². The van der Waals surface area contributed by atoms with Crippen LogP contribution < -0.4 is 11.1 Å². The van der Waals surface area contributed by atoms with Gasteiger partial charge >= 0.3 is 0 Å². The highest BCUT2D eigenvalue weighted by atomic mass is 35.5. The lowest BCUT2D eigenvalue weighted by molar-refractivity contribution is 0.0922. The zero-order valence-corrected chi connectivity index (χ0v) is 12.0. The minimum atomic E-state index is 0. The first kappa shape index (κ1) is 14.2. The van der Waals surface area contributed by atoms with Crippen LogP contribution in [-0.4, -0.2) is 11.9 Å². The lowest BCUT2D eigenvalue weighted by Gasteiger charge is -2.23. The third-order valence-corrected chi connectivity index (χ3v) is 4.56. The molecule has 3 rings (SSSR count). The van der Waals surface area contributed by atoms with Gasteiger partial charge in [-0.2, -0.15) is 0 Å². The Bertz CT molecular complexity index is 489. The highest BCUT2D eigenvalue weighted by Gasteiger charge is 2.40. The smallest absolute Gasteiger partial charge is 0.251 e. The molecule has 0 saturated heterocycles. The number of hydrogen-bond acceptors (Lipinski definition) is 2. The lowest BCUT2D eigenvalue weighted by atomic mass is 9.95. The van der Waals surface area contributed by atoms with E-state index in [4.69, 9.17) is 5.73 Å². The molecule has 104 valence electrons. The largest absolute Gasteiger partial charge is 0.399 e. The second-order valence-electron chi connectivity index (χ2n) is 5.83. The summed E-state index contributed by atoms with van der Waals surface area (Å²) < 4.78 is 0. The highest BCUT2D eigenvalue weighted by Crippen LogP contribution is 2.44. The molecule has 1 aromatic rings. The number of fused-ring (bicyclic) bond motifs is 2. The summed E-state index contributed by atoms with van der Waals surface area (Å²) >= 11 is 0. The number of aryl methyl sites for hydroxylation is 1. The molecule has 0 radical (unpaired) electrons. The first-order chi connectivity index (χ1) is 8.63. The third kappa shape index (κ3) is 2.71. The Morgan fingerprint density at radius 2 is 2.11 bits per heavy atom. The monoisotopic (exact) mass is 280 g/mol. The number of nitrogens with two attached hydrogens (primary N) is 1. The van der Waals surface area contributed by atoms with Crippen LogP contribution in [0.4, 0.5) is 5.69 Å². The van der Waals surface area contributed by atoms with Crippen LogP contribution in [0.1, 0.15) is 41.6 Å². The number of nitrogens with one attached hydrogen (secondary N) is 1. The van der Waals surface area contributed by atoms with Gasteiger partial charge in [0.25, 0.3) is 5.91 Å². The van der Waals surface area contributed by atoms with Crippen molar-refractivity contribution in [1.29, 1.82) is 0 Å². The van der Waals surface area contributed by atoms with Crippen molar-refractivity contribution in [2.75, 3.05) is 5.73 Å². The molecule has 3 N–H and O–H groups in total. The zero-order chi connectivity index (χ0) is 12.7. The van der Waals surface area contributed by atoms with Crippen molar-refractivity contribution in [3.05, 3.63) is 29.3 Å². The van der Waals surface area contributed by atoms with Gasteiger partial charge in [0, 0.05) is 17.3 Å². The van der Waals surface area contributed by atoms with E-state index in [0.29, 0.717) is 17.6 Å². The molecule has 3 nitrogen and oxygen atoms in total. The van der Waals surface area contributed by atoms with Crippen LogP contribution in [0.25, 0.3) is 0 Å². The van der Waals surface area contributed by atoms with Gasteiger partial charge in [-0.15, -0.1) is 12.4 Å². The van der Waals surface area contributed by atoms with Gasteiger partial charge in [0.2, 0.25) is 0 Å². The number of carbonyl (C=O) groups is 1. The maximum Gasteiger partial charge on any atom is 0.251 e. The van der Waals surface area contributed by atoms with Crippen LogP contribution in [0.2, 0.25) is 0 Å². The average molecular weight is 281 g/mol. The predicted octanol–water partition coefficient (Wildman–Crippen LogP) is 2.92. The first-order valence-corrected chi connectivity index (χ1v) is 6.80. The molecule has 2 saturated carbocycles. The van der Waals surface area contributed by atoms with Crippen LogP contribution in [0.15, 0.2) is 18.2 Å². The number of nitrogen functional groups attached to an aromatic ring is 1. The normalized spacial score (nSPS) is 27.9. The molecule has 2 aliphatic rings. The molecule has 3 unspecified atom stereocenters. The quantitative estimate of drug-likeness (QED) is 0.819. The minimum absolute atomic E-state index is 0. The van der Waals surface area contributed by atoms with Crippen molar-refractivity contribution in [3.8, 4) is 0 Å². The summed E-state index contributed by atoms with van der Waals surface area (Å²) in [5, 5.41) is 3.20. The molecule has 1 amide bonds. The van der Waals surface area contributed by atoms with Crippen molar-refractivity contribution >= 4 is 24.0 Å². The van der Waals surface area contributed by atoms with E-state index < -0.39 is 0 Å². The van der Waals surface area contributed by atoms with Gasteiger partial charge in [-0.25, -0.2) is 0 Å². The van der Waals surface area contributed by atoms with Crippen molar-refractivity contribution < 1.29 is 4.79 Å². The van der Waals surface area contributed by atoms with Gasteiger partial charge in [0.05, 0.1) is 0 Å². The summed E-state index contributed by atoms with van der Waals surface area (Å²) in [6.07, 6.45) is 5.11. The molecule has 4 heteroatoms. The average Bonchev–Trinajstić information content (AvgIpc) is 2.94. The van der Waals surface area contributed by atoms with Crippen LogP contribution in [0, 0.1) is 18.8 Å².